The third-order valence-electron chi connectivity index (χ3n) is 4.49. The van der Waals surface area contributed by atoms with E-state index in [0.717, 1.165) is 19.3 Å². The summed E-state index contributed by atoms with van der Waals surface area (Å²) in [7, 11) is 0. The second-order valence-corrected chi connectivity index (χ2v) is 6.72. The molecule has 0 bridgehead atoms. The van der Waals surface area contributed by atoms with Crippen LogP contribution in [0.4, 0.5) is 9.59 Å². The number of hydrogen-bond acceptors (Lipinski definition) is 3. The summed E-state index contributed by atoms with van der Waals surface area (Å²) >= 11 is 0. The number of amides is 4. The minimum Gasteiger partial charge on any atom is -0.376 e. The van der Waals surface area contributed by atoms with Crippen molar-refractivity contribution in [2.75, 3.05) is 26.2 Å². The van der Waals surface area contributed by atoms with Crippen LogP contribution in [0.1, 0.15) is 40.0 Å². The number of rotatable bonds is 4. The minimum atomic E-state index is -0.139. The van der Waals surface area contributed by atoms with E-state index in [1.807, 2.05) is 6.92 Å². The van der Waals surface area contributed by atoms with E-state index < -0.39 is 0 Å². The van der Waals surface area contributed by atoms with Gasteiger partial charge in [-0.1, -0.05) is 0 Å². The molecule has 4 amide bonds. The van der Waals surface area contributed by atoms with Crippen molar-refractivity contribution in [2.24, 2.45) is 5.92 Å². The van der Waals surface area contributed by atoms with E-state index in [0.29, 0.717) is 32.1 Å². The van der Waals surface area contributed by atoms with Gasteiger partial charge < -0.3 is 25.6 Å². The summed E-state index contributed by atoms with van der Waals surface area (Å²) in [5.74, 6) is 0.468. The summed E-state index contributed by atoms with van der Waals surface area (Å²) in [6.07, 6.45) is 3.29. The highest BCUT2D eigenvalue weighted by Gasteiger charge is 2.28. The third-order valence-corrected chi connectivity index (χ3v) is 4.49. The van der Waals surface area contributed by atoms with Gasteiger partial charge in [-0.2, -0.15) is 0 Å². The van der Waals surface area contributed by atoms with Crippen LogP contribution in [0.25, 0.3) is 0 Å². The first-order chi connectivity index (χ1) is 11.0. The Hall–Kier alpha value is -1.50. The quantitative estimate of drug-likeness (QED) is 0.728. The van der Waals surface area contributed by atoms with Crippen LogP contribution in [-0.2, 0) is 4.74 Å². The summed E-state index contributed by atoms with van der Waals surface area (Å²) in [4.78, 5) is 25.5. The van der Waals surface area contributed by atoms with Crippen LogP contribution in [0, 0.1) is 5.92 Å². The molecule has 2 aliphatic rings. The van der Waals surface area contributed by atoms with Crippen LogP contribution in [0.3, 0.4) is 0 Å². The molecule has 1 unspecified atom stereocenters. The van der Waals surface area contributed by atoms with Gasteiger partial charge in [-0.15, -0.1) is 0 Å². The van der Waals surface area contributed by atoms with Gasteiger partial charge in [0.05, 0.1) is 12.2 Å². The molecule has 2 fully saturated rings. The van der Waals surface area contributed by atoms with Gasteiger partial charge in [-0.3, -0.25) is 0 Å². The molecular weight excluding hydrogens is 296 g/mol. The molecule has 2 aliphatic heterocycles. The largest absolute Gasteiger partial charge is 0.376 e. The lowest BCUT2D eigenvalue weighted by atomic mass is 9.92. The van der Waals surface area contributed by atoms with Crippen molar-refractivity contribution in [3.8, 4) is 0 Å². The number of urea groups is 2. The van der Waals surface area contributed by atoms with Crippen molar-refractivity contribution < 1.29 is 14.3 Å². The average Bonchev–Trinajstić information content (AvgIpc) is 2.93. The van der Waals surface area contributed by atoms with Gasteiger partial charge in [0.2, 0.25) is 0 Å². The lowest BCUT2D eigenvalue weighted by molar-refractivity contribution is -0.0511. The van der Waals surface area contributed by atoms with Crippen LogP contribution in [0.5, 0.6) is 0 Å². The van der Waals surface area contributed by atoms with Gasteiger partial charge in [-0.25, -0.2) is 9.59 Å². The predicted octanol–water partition coefficient (Wildman–Crippen LogP) is 1.29. The van der Waals surface area contributed by atoms with Crippen LogP contribution in [0.15, 0.2) is 0 Å². The molecule has 7 nitrogen and oxygen atoms in total. The van der Waals surface area contributed by atoms with Crippen molar-refractivity contribution in [3.05, 3.63) is 0 Å². The predicted molar refractivity (Wildman–Crippen MR) is 88.3 cm³/mol. The monoisotopic (exact) mass is 326 g/mol. The molecule has 0 saturated carbocycles. The van der Waals surface area contributed by atoms with E-state index in [2.05, 4.69) is 29.8 Å². The number of ether oxygens (including phenoxy) is 1. The van der Waals surface area contributed by atoms with E-state index in [1.165, 1.54) is 0 Å². The third kappa shape index (κ3) is 5.57. The maximum atomic E-state index is 12.0. The summed E-state index contributed by atoms with van der Waals surface area (Å²) in [5, 5.41) is 8.71. The zero-order chi connectivity index (χ0) is 16.8. The first-order valence-electron chi connectivity index (χ1n) is 8.70. The fourth-order valence-corrected chi connectivity index (χ4v) is 3.51. The Morgan fingerprint density at radius 1 is 1.17 bits per heavy atom. The van der Waals surface area contributed by atoms with E-state index in [4.69, 9.17) is 4.74 Å². The number of hydrogen-bond donors (Lipinski definition) is 3. The molecule has 0 radical (unpaired) electrons. The first kappa shape index (κ1) is 17.8. The minimum absolute atomic E-state index is 0.0325. The molecule has 4 atom stereocenters. The molecule has 23 heavy (non-hydrogen) atoms. The van der Waals surface area contributed by atoms with Crippen molar-refractivity contribution in [1.82, 2.24) is 20.9 Å². The van der Waals surface area contributed by atoms with Gasteiger partial charge >= 0.3 is 12.1 Å². The summed E-state index contributed by atoms with van der Waals surface area (Å²) in [6.45, 7) is 8.62. The van der Waals surface area contributed by atoms with Gasteiger partial charge in [0.15, 0.2) is 0 Å². The van der Waals surface area contributed by atoms with Crippen molar-refractivity contribution in [3.63, 3.8) is 0 Å². The number of nitrogens with zero attached hydrogens (tertiary/aromatic N) is 1. The molecule has 0 aliphatic carbocycles. The van der Waals surface area contributed by atoms with Crippen molar-refractivity contribution >= 4 is 12.1 Å². The SMILES string of the molecule is CCNC(=O)N1CC[C@@H](NC(=O)NCC2C[C@@H](C)O[C@@H](C)C2)C1. The molecule has 2 rings (SSSR count). The Kier molecular flexibility index (Phi) is 6.50. The highest BCUT2D eigenvalue weighted by atomic mass is 16.5. The topological polar surface area (TPSA) is 82.7 Å². The number of likely N-dealkylation sites (tertiary alicyclic amines) is 1. The zero-order valence-electron chi connectivity index (χ0n) is 14.4. The van der Waals surface area contributed by atoms with E-state index >= 15 is 0 Å². The van der Waals surface area contributed by atoms with Crippen LogP contribution in [-0.4, -0.2) is 61.4 Å². The lowest BCUT2D eigenvalue weighted by Gasteiger charge is -2.32. The zero-order valence-corrected chi connectivity index (χ0v) is 14.4. The lowest BCUT2D eigenvalue weighted by Crippen LogP contribution is -2.47. The van der Waals surface area contributed by atoms with Crippen LogP contribution in [0.2, 0.25) is 0 Å². The highest BCUT2D eigenvalue weighted by molar-refractivity contribution is 5.76. The number of nitrogens with one attached hydrogen (secondary N) is 3. The van der Waals surface area contributed by atoms with Gasteiger partial charge in [0.1, 0.15) is 0 Å². The molecule has 0 aromatic carbocycles. The van der Waals surface area contributed by atoms with Gasteiger partial charge in [0, 0.05) is 32.2 Å². The Morgan fingerprint density at radius 2 is 1.87 bits per heavy atom. The van der Waals surface area contributed by atoms with Crippen LogP contribution < -0.4 is 16.0 Å². The Balaban J connectivity index is 1.66. The molecule has 0 aromatic rings. The Labute approximate surface area is 138 Å². The summed E-state index contributed by atoms with van der Waals surface area (Å²) in [6, 6.07) is -0.160. The van der Waals surface area contributed by atoms with E-state index in [-0.39, 0.29) is 30.3 Å². The number of carbonyl (C=O) groups excluding carboxylic acids is 2. The fourth-order valence-electron chi connectivity index (χ4n) is 3.51. The molecular formula is C16H30N4O3. The average molecular weight is 326 g/mol. The second kappa shape index (κ2) is 8.38. The molecule has 0 spiro atoms. The number of carbonyl (C=O) groups is 2. The maximum Gasteiger partial charge on any atom is 0.317 e. The Morgan fingerprint density at radius 3 is 2.52 bits per heavy atom. The fraction of sp³-hybridized carbons (Fsp3) is 0.875. The smallest absolute Gasteiger partial charge is 0.317 e. The molecule has 7 heteroatoms. The molecule has 0 aromatic heterocycles. The second-order valence-electron chi connectivity index (χ2n) is 6.72. The normalized spacial score (nSPS) is 30.8. The van der Waals surface area contributed by atoms with Gasteiger partial charge in [-0.05, 0) is 46.0 Å². The molecule has 3 N–H and O–H groups in total. The molecule has 132 valence electrons. The standard InChI is InChI=1S/C16H30N4O3/c1-4-17-16(22)20-6-5-14(10-20)19-15(21)18-9-13-7-11(2)23-12(3)8-13/h11-14H,4-10H2,1-3H3,(H,17,22)(H2,18,19,21)/t11-,12+,13?,14-/m1/s1. The van der Waals surface area contributed by atoms with Crippen LogP contribution >= 0.6 is 0 Å². The first-order valence-corrected chi connectivity index (χ1v) is 8.70. The summed E-state index contributed by atoms with van der Waals surface area (Å²) < 4.78 is 5.71. The highest BCUT2D eigenvalue weighted by Crippen LogP contribution is 2.23. The van der Waals surface area contributed by atoms with Crippen molar-refractivity contribution in [1.29, 1.82) is 0 Å². The van der Waals surface area contributed by atoms with E-state index in [9.17, 15) is 9.59 Å². The Bertz CT molecular complexity index is 408. The van der Waals surface area contributed by atoms with E-state index in [1.54, 1.807) is 4.90 Å². The van der Waals surface area contributed by atoms with Gasteiger partial charge in [0.25, 0.3) is 0 Å². The molecule has 2 saturated heterocycles. The maximum absolute atomic E-state index is 12.0. The van der Waals surface area contributed by atoms with Crippen molar-refractivity contribution in [2.45, 2.75) is 58.3 Å². The molecule has 2 heterocycles. The summed E-state index contributed by atoms with van der Waals surface area (Å²) in [5.41, 5.74) is 0.